The van der Waals surface area contributed by atoms with Gasteiger partial charge in [0.15, 0.2) is 11.9 Å². The quantitative estimate of drug-likeness (QED) is 0.599. The van der Waals surface area contributed by atoms with E-state index in [1.54, 1.807) is 0 Å². The number of aliphatic hydroxyl groups is 2. The zero-order chi connectivity index (χ0) is 14.9. The number of ketones is 1. The topological polar surface area (TPSA) is 57.5 Å². The van der Waals surface area contributed by atoms with Crippen LogP contribution in [0.25, 0.3) is 0 Å². The molecule has 0 aliphatic rings. The third-order valence-electron chi connectivity index (χ3n) is 2.09. The molecule has 0 aromatic carbocycles. The summed E-state index contributed by atoms with van der Waals surface area (Å²) in [5.74, 6) is -2.90. The Labute approximate surface area is 99.2 Å². The molecule has 2 N–H and O–H groups in total. The van der Waals surface area contributed by atoms with E-state index in [0.29, 0.717) is 0 Å². The van der Waals surface area contributed by atoms with Gasteiger partial charge in [-0.25, -0.2) is 0 Å². The van der Waals surface area contributed by atoms with Crippen LogP contribution in [0.3, 0.4) is 0 Å². The molecule has 0 rings (SSSR count). The average molecular weight is 278 g/mol. The van der Waals surface area contributed by atoms with Crippen LogP contribution in [-0.2, 0) is 4.79 Å². The van der Waals surface area contributed by atoms with Crippen LogP contribution >= 0.6 is 0 Å². The Balaban J connectivity index is 5.44. The molecule has 0 spiro atoms. The van der Waals surface area contributed by atoms with Gasteiger partial charge in [-0.15, -0.1) is 0 Å². The summed E-state index contributed by atoms with van der Waals surface area (Å²) in [7, 11) is 5.02. The van der Waals surface area contributed by atoms with E-state index in [4.69, 9.17) is 18.1 Å². The second-order valence-corrected chi connectivity index (χ2v) is 3.81. The maximum absolute atomic E-state index is 12.2. The Morgan fingerprint density at radius 2 is 1.50 bits per heavy atom. The highest BCUT2D eigenvalue weighted by Gasteiger charge is 2.75. The molecule has 2 atom stereocenters. The lowest BCUT2D eigenvalue weighted by Gasteiger charge is -2.35. The molecule has 0 aromatic heterocycles. The second-order valence-electron chi connectivity index (χ2n) is 3.81. The number of Topliss-reactive ketones (excluding diaryl/α,β-unsaturated/α-hetero) is 1. The van der Waals surface area contributed by atoms with Gasteiger partial charge in [0.1, 0.15) is 0 Å². The SMILES string of the molecule is [B]C(C)CC(=O)C(O)C(O)(C(F)(F)F)C(F)(F)F. The fourth-order valence-electron chi connectivity index (χ4n) is 1.13. The third kappa shape index (κ3) is 3.16. The Morgan fingerprint density at radius 1 is 1.17 bits per heavy atom. The molecule has 10 heteroatoms. The lowest BCUT2D eigenvalue weighted by Crippen LogP contribution is -2.66. The van der Waals surface area contributed by atoms with Crippen molar-refractivity contribution in [2.75, 3.05) is 0 Å². The van der Waals surface area contributed by atoms with Crippen LogP contribution in [0, 0.1) is 0 Å². The van der Waals surface area contributed by atoms with Crippen molar-refractivity contribution in [2.45, 2.75) is 43.2 Å². The molecule has 0 aromatic rings. The van der Waals surface area contributed by atoms with Crippen molar-refractivity contribution in [3.05, 3.63) is 0 Å². The summed E-state index contributed by atoms with van der Waals surface area (Å²) in [4.78, 5) is 11.0. The number of rotatable bonds is 4. The van der Waals surface area contributed by atoms with Crippen molar-refractivity contribution in [1.29, 1.82) is 0 Å². The van der Waals surface area contributed by atoms with Gasteiger partial charge in [-0.05, 0) is 0 Å². The average Bonchev–Trinajstić information content (AvgIpc) is 2.10. The van der Waals surface area contributed by atoms with E-state index in [9.17, 15) is 31.1 Å². The zero-order valence-electron chi connectivity index (χ0n) is 9.01. The highest BCUT2D eigenvalue weighted by atomic mass is 19.4. The van der Waals surface area contributed by atoms with Gasteiger partial charge in [0.25, 0.3) is 5.60 Å². The second kappa shape index (κ2) is 5.08. The smallest absolute Gasteiger partial charge is 0.382 e. The van der Waals surface area contributed by atoms with Crippen LogP contribution in [0.4, 0.5) is 26.3 Å². The van der Waals surface area contributed by atoms with Gasteiger partial charge in [0, 0.05) is 6.42 Å². The summed E-state index contributed by atoms with van der Waals surface area (Å²) >= 11 is 0. The molecule has 0 aliphatic carbocycles. The van der Waals surface area contributed by atoms with Gasteiger partial charge in [0.05, 0.1) is 7.85 Å². The third-order valence-corrected chi connectivity index (χ3v) is 2.09. The van der Waals surface area contributed by atoms with Crippen molar-refractivity contribution in [3.63, 3.8) is 0 Å². The Morgan fingerprint density at radius 3 is 1.72 bits per heavy atom. The summed E-state index contributed by atoms with van der Waals surface area (Å²) in [5, 5.41) is 17.5. The maximum atomic E-state index is 12.2. The van der Waals surface area contributed by atoms with Crippen LogP contribution in [0.1, 0.15) is 13.3 Å². The zero-order valence-corrected chi connectivity index (χ0v) is 9.01. The Kier molecular flexibility index (Phi) is 4.86. The normalized spacial score (nSPS) is 17.4. The van der Waals surface area contributed by atoms with Gasteiger partial charge >= 0.3 is 12.4 Å². The molecule has 0 heterocycles. The van der Waals surface area contributed by atoms with Crippen LogP contribution in [0.15, 0.2) is 0 Å². The largest absolute Gasteiger partial charge is 0.429 e. The molecule has 0 bridgehead atoms. The van der Waals surface area contributed by atoms with Crippen molar-refractivity contribution in [2.24, 2.45) is 0 Å². The summed E-state index contributed by atoms with van der Waals surface area (Å²) in [5.41, 5.74) is -5.51. The van der Waals surface area contributed by atoms with Crippen LogP contribution in [0.5, 0.6) is 0 Å². The molecule has 2 unspecified atom stereocenters. The van der Waals surface area contributed by atoms with E-state index in [1.165, 1.54) is 0 Å². The predicted molar refractivity (Wildman–Crippen MR) is 47.9 cm³/mol. The number of carbonyl (C=O) groups excluding carboxylic acids is 1. The highest BCUT2D eigenvalue weighted by molar-refractivity contribution is 6.13. The van der Waals surface area contributed by atoms with Crippen molar-refractivity contribution in [1.82, 2.24) is 0 Å². The van der Waals surface area contributed by atoms with Crippen molar-refractivity contribution in [3.8, 4) is 0 Å². The van der Waals surface area contributed by atoms with E-state index in [-0.39, 0.29) is 0 Å². The van der Waals surface area contributed by atoms with Gasteiger partial charge in [-0.1, -0.05) is 12.7 Å². The van der Waals surface area contributed by atoms with Crippen LogP contribution in [0.2, 0.25) is 5.82 Å². The Bertz CT molecular complexity index is 297. The number of hydrogen-bond acceptors (Lipinski definition) is 3. The first-order valence-electron chi connectivity index (χ1n) is 4.57. The molecule has 0 saturated carbocycles. The molecular formula is C8H9BF6O3. The minimum atomic E-state index is -6.25. The lowest BCUT2D eigenvalue weighted by molar-refractivity contribution is -0.386. The standard InChI is InChI=1S/C8H9BF6O3/c1-3(9)2-4(16)5(17)6(18,7(10,11)12)8(13,14)15/h3,5,17-18H,2H2,1H3. The van der Waals surface area contributed by atoms with Gasteiger partial charge < -0.3 is 10.2 Å². The molecule has 0 aliphatic heterocycles. The van der Waals surface area contributed by atoms with E-state index in [0.717, 1.165) is 6.92 Å². The highest BCUT2D eigenvalue weighted by Crippen LogP contribution is 2.45. The predicted octanol–water partition coefficient (Wildman–Crippen LogP) is 1.14. The number of hydrogen-bond donors (Lipinski definition) is 2. The summed E-state index contributed by atoms with van der Waals surface area (Å²) in [6.07, 6.45) is -17.1. The first-order valence-corrected chi connectivity index (χ1v) is 4.57. The molecule has 0 fully saturated rings. The molecule has 18 heavy (non-hydrogen) atoms. The summed E-state index contributed by atoms with van der Waals surface area (Å²) in [6.45, 7) is 1.14. The van der Waals surface area contributed by atoms with E-state index in [2.05, 4.69) is 0 Å². The number of alkyl halides is 6. The number of aliphatic hydroxyl groups excluding tert-OH is 1. The fraction of sp³-hybridized carbons (Fsp3) is 0.875. The van der Waals surface area contributed by atoms with Crippen molar-refractivity contribution >= 4 is 13.6 Å². The molecule has 104 valence electrons. The Hall–Kier alpha value is -0.765. The van der Waals surface area contributed by atoms with E-state index in [1.807, 2.05) is 0 Å². The first kappa shape index (κ1) is 17.2. The minimum absolute atomic E-state index is 0.935. The van der Waals surface area contributed by atoms with Crippen LogP contribution < -0.4 is 0 Å². The van der Waals surface area contributed by atoms with Gasteiger partial charge in [-0.2, -0.15) is 26.3 Å². The molecule has 3 nitrogen and oxygen atoms in total. The van der Waals surface area contributed by atoms with Gasteiger partial charge in [-0.3, -0.25) is 4.79 Å². The number of halogens is 6. The molecule has 2 radical (unpaired) electrons. The minimum Gasteiger partial charge on any atom is -0.382 e. The first-order chi connectivity index (χ1) is 7.75. The van der Waals surface area contributed by atoms with E-state index < -0.39 is 42.1 Å². The van der Waals surface area contributed by atoms with Gasteiger partial charge in [0.2, 0.25) is 0 Å². The molecule has 0 saturated heterocycles. The fourth-order valence-corrected chi connectivity index (χ4v) is 1.13. The summed E-state index contributed by atoms with van der Waals surface area (Å²) < 4.78 is 73.4. The van der Waals surface area contributed by atoms with E-state index >= 15 is 0 Å². The summed E-state index contributed by atoms with van der Waals surface area (Å²) in [6, 6.07) is 0. The maximum Gasteiger partial charge on any atom is 0.429 e. The molecular weight excluding hydrogens is 269 g/mol. The van der Waals surface area contributed by atoms with Crippen molar-refractivity contribution < 1.29 is 41.4 Å². The monoisotopic (exact) mass is 278 g/mol. The number of carbonyl (C=O) groups is 1. The molecule has 0 amide bonds. The lowest BCUT2D eigenvalue weighted by atomic mass is 9.81. The van der Waals surface area contributed by atoms with Crippen LogP contribution in [-0.4, -0.2) is 47.9 Å².